The van der Waals surface area contributed by atoms with Crippen molar-refractivity contribution in [1.82, 2.24) is 15.1 Å². The molecule has 0 bridgehead atoms. The number of hydrogen-bond donors (Lipinski definition) is 2. The zero-order valence-corrected chi connectivity index (χ0v) is 14.6. The molecule has 0 atom stereocenters. The number of rotatable bonds is 4. The standard InChI is InChI=1S/C17H20FN5OS/c18-12-3-5-13(6-4-12)19-14-7-9-23(10-8-14)17(24)20-16-22-21-15(25-16)11-1-2-11/h3-6,11,14,19H,1-2,7-10H2,(H,20,22,24). The summed E-state index contributed by atoms with van der Waals surface area (Å²) in [6, 6.07) is 6.55. The van der Waals surface area contributed by atoms with Crippen LogP contribution in [0, 0.1) is 5.82 Å². The summed E-state index contributed by atoms with van der Waals surface area (Å²) < 4.78 is 12.9. The SMILES string of the molecule is O=C(Nc1nnc(C2CC2)s1)N1CCC(Nc2ccc(F)cc2)CC1. The highest BCUT2D eigenvalue weighted by Gasteiger charge is 2.28. The first kappa shape index (κ1) is 16.3. The van der Waals surface area contributed by atoms with Crippen LogP contribution in [-0.4, -0.2) is 40.3 Å². The van der Waals surface area contributed by atoms with Gasteiger partial charge in [0, 0.05) is 30.7 Å². The molecule has 8 heteroatoms. The van der Waals surface area contributed by atoms with Crippen molar-refractivity contribution in [3.05, 3.63) is 35.1 Å². The molecule has 0 unspecified atom stereocenters. The Labute approximate surface area is 149 Å². The highest BCUT2D eigenvalue weighted by Crippen LogP contribution is 2.42. The highest BCUT2D eigenvalue weighted by atomic mass is 32.1. The molecule has 1 saturated carbocycles. The summed E-state index contributed by atoms with van der Waals surface area (Å²) in [6.45, 7) is 1.36. The van der Waals surface area contributed by atoms with Crippen molar-refractivity contribution in [1.29, 1.82) is 0 Å². The van der Waals surface area contributed by atoms with E-state index in [0.717, 1.165) is 23.5 Å². The van der Waals surface area contributed by atoms with Crippen LogP contribution in [0.3, 0.4) is 0 Å². The topological polar surface area (TPSA) is 70.2 Å². The van der Waals surface area contributed by atoms with E-state index in [0.29, 0.717) is 24.1 Å². The number of carbonyl (C=O) groups is 1. The highest BCUT2D eigenvalue weighted by molar-refractivity contribution is 7.15. The van der Waals surface area contributed by atoms with Gasteiger partial charge in [-0.15, -0.1) is 10.2 Å². The number of nitrogens with one attached hydrogen (secondary N) is 2. The van der Waals surface area contributed by atoms with Gasteiger partial charge in [-0.3, -0.25) is 5.32 Å². The fourth-order valence-electron chi connectivity index (χ4n) is 2.96. The minimum absolute atomic E-state index is 0.112. The fourth-order valence-corrected chi connectivity index (χ4v) is 3.86. The molecule has 6 nitrogen and oxygen atoms in total. The van der Waals surface area contributed by atoms with E-state index in [-0.39, 0.29) is 17.9 Å². The van der Waals surface area contributed by atoms with E-state index in [9.17, 15) is 9.18 Å². The lowest BCUT2D eigenvalue weighted by molar-refractivity contribution is 0.197. The predicted octanol–water partition coefficient (Wildman–Crippen LogP) is 3.66. The van der Waals surface area contributed by atoms with Crippen molar-refractivity contribution < 1.29 is 9.18 Å². The van der Waals surface area contributed by atoms with Gasteiger partial charge in [0.05, 0.1) is 0 Å². The molecule has 2 aromatic rings. The van der Waals surface area contributed by atoms with Gasteiger partial charge in [0.25, 0.3) is 0 Å². The molecule has 1 aromatic carbocycles. The Morgan fingerprint density at radius 2 is 1.84 bits per heavy atom. The number of piperidine rings is 1. The van der Waals surface area contributed by atoms with Gasteiger partial charge in [-0.05, 0) is 49.9 Å². The first-order valence-electron chi connectivity index (χ1n) is 8.59. The lowest BCUT2D eigenvalue weighted by Crippen LogP contribution is -2.44. The van der Waals surface area contributed by atoms with Crippen molar-refractivity contribution in [3.63, 3.8) is 0 Å². The quantitative estimate of drug-likeness (QED) is 0.872. The molecule has 1 aliphatic carbocycles. The minimum Gasteiger partial charge on any atom is -0.382 e. The van der Waals surface area contributed by atoms with E-state index >= 15 is 0 Å². The number of benzene rings is 1. The molecule has 1 aromatic heterocycles. The summed E-state index contributed by atoms with van der Waals surface area (Å²) in [5.74, 6) is 0.315. The van der Waals surface area contributed by atoms with E-state index in [2.05, 4.69) is 20.8 Å². The van der Waals surface area contributed by atoms with Crippen LogP contribution in [0.2, 0.25) is 0 Å². The molecule has 1 aliphatic heterocycles. The van der Waals surface area contributed by atoms with Crippen LogP contribution in [0.5, 0.6) is 0 Å². The Balaban J connectivity index is 1.25. The average molecular weight is 361 g/mol. The van der Waals surface area contributed by atoms with Crippen LogP contribution < -0.4 is 10.6 Å². The predicted molar refractivity (Wildman–Crippen MR) is 95.5 cm³/mol. The van der Waals surface area contributed by atoms with Gasteiger partial charge in [0.2, 0.25) is 5.13 Å². The lowest BCUT2D eigenvalue weighted by Gasteiger charge is -2.32. The smallest absolute Gasteiger partial charge is 0.323 e. The Kier molecular flexibility index (Phi) is 4.52. The summed E-state index contributed by atoms with van der Waals surface area (Å²) in [4.78, 5) is 14.2. The van der Waals surface area contributed by atoms with Gasteiger partial charge in [-0.25, -0.2) is 9.18 Å². The molecule has 0 radical (unpaired) electrons. The average Bonchev–Trinajstić information content (AvgIpc) is 3.37. The molecule has 0 spiro atoms. The fraction of sp³-hybridized carbons (Fsp3) is 0.471. The first-order chi connectivity index (χ1) is 12.2. The third-order valence-electron chi connectivity index (χ3n) is 4.58. The largest absolute Gasteiger partial charge is 0.382 e. The summed E-state index contributed by atoms with van der Waals surface area (Å²) in [5, 5.41) is 16.1. The molecular formula is C17H20FN5OS. The van der Waals surface area contributed by atoms with E-state index in [1.165, 1.54) is 36.3 Å². The maximum absolute atomic E-state index is 12.9. The van der Waals surface area contributed by atoms with Crippen molar-refractivity contribution in [2.45, 2.75) is 37.6 Å². The molecule has 2 aliphatic rings. The molecular weight excluding hydrogens is 341 g/mol. The summed E-state index contributed by atoms with van der Waals surface area (Å²) in [6.07, 6.45) is 4.07. The molecule has 2 N–H and O–H groups in total. The Morgan fingerprint density at radius 1 is 1.12 bits per heavy atom. The minimum atomic E-state index is -0.237. The summed E-state index contributed by atoms with van der Waals surface area (Å²) >= 11 is 1.48. The number of hydrogen-bond acceptors (Lipinski definition) is 5. The normalized spacial score (nSPS) is 18.2. The first-order valence-corrected chi connectivity index (χ1v) is 9.40. The summed E-state index contributed by atoms with van der Waals surface area (Å²) in [5.41, 5.74) is 0.908. The number of aromatic nitrogens is 2. The van der Waals surface area contributed by atoms with Crippen molar-refractivity contribution >= 4 is 28.2 Å². The van der Waals surface area contributed by atoms with E-state index in [4.69, 9.17) is 0 Å². The molecule has 1 saturated heterocycles. The van der Waals surface area contributed by atoms with Crippen LogP contribution in [0.1, 0.15) is 36.6 Å². The van der Waals surface area contributed by atoms with Gasteiger partial charge in [0.1, 0.15) is 10.8 Å². The molecule has 132 valence electrons. The van der Waals surface area contributed by atoms with Gasteiger partial charge >= 0.3 is 6.03 Å². The molecule has 4 rings (SSSR count). The van der Waals surface area contributed by atoms with E-state index in [1.807, 2.05) is 0 Å². The van der Waals surface area contributed by atoms with E-state index < -0.39 is 0 Å². The second kappa shape index (κ2) is 6.95. The second-order valence-corrected chi connectivity index (χ2v) is 7.57. The zero-order valence-electron chi connectivity index (χ0n) is 13.7. The number of nitrogens with zero attached hydrogens (tertiary/aromatic N) is 3. The molecule has 2 amide bonds. The molecule has 2 heterocycles. The second-order valence-electron chi connectivity index (χ2n) is 6.56. The number of urea groups is 1. The van der Waals surface area contributed by atoms with Gasteiger partial charge in [-0.2, -0.15) is 0 Å². The third kappa shape index (κ3) is 4.07. The Hall–Kier alpha value is -2.22. The van der Waals surface area contributed by atoms with E-state index in [1.54, 1.807) is 17.0 Å². The van der Waals surface area contributed by atoms with Crippen LogP contribution in [-0.2, 0) is 0 Å². The van der Waals surface area contributed by atoms with Crippen molar-refractivity contribution in [2.24, 2.45) is 0 Å². The van der Waals surface area contributed by atoms with Crippen LogP contribution in [0.15, 0.2) is 24.3 Å². The maximum atomic E-state index is 12.9. The number of amides is 2. The van der Waals surface area contributed by atoms with Crippen molar-refractivity contribution in [3.8, 4) is 0 Å². The maximum Gasteiger partial charge on any atom is 0.323 e. The number of anilines is 2. The van der Waals surface area contributed by atoms with Crippen LogP contribution >= 0.6 is 11.3 Å². The zero-order chi connectivity index (χ0) is 17.2. The van der Waals surface area contributed by atoms with Crippen molar-refractivity contribution in [2.75, 3.05) is 23.7 Å². The van der Waals surface area contributed by atoms with Gasteiger partial charge < -0.3 is 10.2 Å². The number of halogens is 1. The van der Waals surface area contributed by atoms with Gasteiger partial charge in [-0.1, -0.05) is 11.3 Å². The monoisotopic (exact) mass is 361 g/mol. The molecule has 25 heavy (non-hydrogen) atoms. The Bertz CT molecular complexity index is 738. The van der Waals surface area contributed by atoms with Crippen LogP contribution in [0.25, 0.3) is 0 Å². The third-order valence-corrected chi connectivity index (χ3v) is 5.58. The molecule has 2 fully saturated rings. The Morgan fingerprint density at radius 3 is 2.52 bits per heavy atom. The number of carbonyl (C=O) groups excluding carboxylic acids is 1. The lowest BCUT2D eigenvalue weighted by atomic mass is 10.0. The van der Waals surface area contributed by atoms with Gasteiger partial charge in [0.15, 0.2) is 0 Å². The van der Waals surface area contributed by atoms with Crippen LogP contribution in [0.4, 0.5) is 20.0 Å². The number of likely N-dealkylation sites (tertiary alicyclic amines) is 1. The summed E-state index contributed by atoms with van der Waals surface area (Å²) in [7, 11) is 0.